The molecule has 0 saturated heterocycles. The van der Waals surface area contributed by atoms with Gasteiger partial charge in [-0.1, -0.05) is 23.8 Å². The zero-order chi connectivity index (χ0) is 12.8. The van der Waals surface area contributed by atoms with Crippen molar-refractivity contribution in [3.8, 4) is 0 Å². The van der Waals surface area contributed by atoms with Crippen LogP contribution in [0.3, 0.4) is 0 Å². The summed E-state index contributed by atoms with van der Waals surface area (Å²) >= 11 is 5.97. The largest absolute Gasteiger partial charge is 0.356 e. The van der Waals surface area contributed by atoms with Gasteiger partial charge in [0.25, 0.3) is 0 Å². The van der Waals surface area contributed by atoms with Gasteiger partial charge in [0, 0.05) is 18.5 Å². The highest BCUT2D eigenvalue weighted by molar-refractivity contribution is 6.30. The number of halogens is 1. The number of nitrogens with one attached hydrogen (secondary N) is 1. The molecule has 0 aliphatic heterocycles. The topological polar surface area (TPSA) is 29.1 Å². The summed E-state index contributed by atoms with van der Waals surface area (Å²) in [6.45, 7) is 6.30. The Labute approximate surface area is 108 Å². The van der Waals surface area contributed by atoms with Crippen LogP contribution < -0.4 is 5.32 Å². The van der Waals surface area contributed by atoms with Gasteiger partial charge in [0.15, 0.2) is 0 Å². The summed E-state index contributed by atoms with van der Waals surface area (Å²) in [7, 11) is 0. The van der Waals surface area contributed by atoms with Crippen LogP contribution in [-0.2, 0) is 4.79 Å². The van der Waals surface area contributed by atoms with Crippen LogP contribution in [0, 0.1) is 13.8 Å². The molecular weight excluding hydrogens is 234 g/mol. The maximum atomic E-state index is 10.7. The second kappa shape index (κ2) is 6.45. The van der Waals surface area contributed by atoms with Crippen LogP contribution in [0.5, 0.6) is 0 Å². The first kappa shape index (κ1) is 13.8. The van der Waals surface area contributed by atoms with Gasteiger partial charge in [-0.2, -0.15) is 0 Å². The van der Waals surface area contributed by atoms with Gasteiger partial charge < -0.3 is 5.32 Å². The fourth-order valence-corrected chi connectivity index (χ4v) is 2.04. The van der Waals surface area contributed by atoms with E-state index < -0.39 is 0 Å². The molecule has 0 bridgehead atoms. The molecule has 1 rings (SSSR count). The lowest BCUT2D eigenvalue weighted by Gasteiger charge is -2.06. The predicted molar refractivity (Wildman–Crippen MR) is 73.3 cm³/mol. The fourth-order valence-electron chi connectivity index (χ4n) is 1.72. The summed E-state index contributed by atoms with van der Waals surface area (Å²) in [5.41, 5.74) is 3.55. The van der Waals surface area contributed by atoms with Gasteiger partial charge in [0.05, 0.1) is 0 Å². The second-order valence-corrected chi connectivity index (χ2v) is 4.56. The molecule has 1 aromatic carbocycles. The van der Waals surface area contributed by atoms with Crippen LogP contribution in [0.25, 0.3) is 6.08 Å². The van der Waals surface area contributed by atoms with Crippen molar-refractivity contribution < 1.29 is 4.79 Å². The lowest BCUT2D eigenvalue weighted by Crippen LogP contribution is -2.20. The monoisotopic (exact) mass is 251 g/mol. The minimum absolute atomic E-state index is 0.0113. The molecule has 92 valence electrons. The third kappa shape index (κ3) is 4.61. The Bertz CT molecular complexity index is 415. The van der Waals surface area contributed by atoms with Gasteiger partial charge >= 0.3 is 0 Å². The zero-order valence-electron chi connectivity index (χ0n) is 10.5. The smallest absolute Gasteiger partial charge is 0.216 e. The molecule has 3 heteroatoms. The van der Waals surface area contributed by atoms with E-state index in [9.17, 15) is 4.79 Å². The van der Waals surface area contributed by atoms with Crippen molar-refractivity contribution in [2.75, 3.05) is 6.54 Å². The number of hydrogen-bond donors (Lipinski definition) is 1. The molecule has 0 saturated carbocycles. The Morgan fingerprint density at radius 1 is 1.35 bits per heavy atom. The fraction of sp³-hybridized carbons (Fsp3) is 0.357. The predicted octanol–water partition coefficient (Wildman–Crippen LogP) is 3.50. The highest BCUT2D eigenvalue weighted by Crippen LogP contribution is 2.21. The summed E-state index contributed by atoms with van der Waals surface area (Å²) < 4.78 is 0. The summed E-state index contributed by atoms with van der Waals surface area (Å²) in [5.74, 6) is 0.0113. The van der Waals surface area contributed by atoms with Crippen molar-refractivity contribution in [2.24, 2.45) is 0 Å². The maximum absolute atomic E-state index is 10.7. The Morgan fingerprint density at radius 2 is 1.94 bits per heavy atom. The van der Waals surface area contributed by atoms with Crippen LogP contribution in [0.2, 0.25) is 5.02 Å². The molecule has 1 aromatic rings. The Balaban J connectivity index is 2.62. The quantitative estimate of drug-likeness (QED) is 0.816. The van der Waals surface area contributed by atoms with Crippen LogP contribution in [0.15, 0.2) is 18.2 Å². The Hall–Kier alpha value is -1.28. The second-order valence-electron chi connectivity index (χ2n) is 4.13. The van der Waals surface area contributed by atoms with E-state index in [4.69, 9.17) is 11.6 Å². The first-order valence-electron chi connectivity index (χ1n) is 5.68. The van der Waals surface area contributed by atoms with E-state index in [2.05, 4.69) is 17.5 Å². The minimum atomic E-state index is 0.0113. The molecular formula is C14H18ClNO. The van der Waals surface area contributed by atoms with Crippen molar-refractivity contribution in [1.29, 1.82) is 0 Å². The minimum Gasteiger partial charge on any atom is -0.356 e. The van der Waals surface area contributed by atoms with E-state index in [1.165, 1.54) is 23.6 Å². The lowest BCUT2D eigenvalue weighted by atomic mass is 10.0. The van der Waals surface area contributed by atoms with Crippen molar-refractivity contribution in [1.82, 2.24) is 5.32 Å². The van der Waals surface area contributed by atoms with Crippen molar-refractivity contribution in [3.05, 3.63) is 39.9 Å². The molecule has 1 amide bonds. The lowest BCUT2D eigenvalue weighted by molar-refractivity contribution is -0.118. The summed E-state index contributed by atoms with van der Waals surface area (Å²) in [5, 5.41) is 3.53. The maximum Gasteiger partial charge on any atom is 0.216 e. The summed E-state index contributed by atoms with van der Waals surface area (Å²) in [6.07, 6.45) is 4.99. The first-order chi connectivity index (χ1) is 8.00. The van der Waals surface area contributed by atoms with Crippen LogP contribution in [0.4, 0.5) is 0 Å². The number of rotatable bonds is 4. The van der Waals surface area contributed by atoms with E-state index in [0.717, 1.165) is 11.4 Å². The normalized spacial score (nSPS) is 10.8. The van der Waals surface area contributed by atoms with Gasteiger partial charge in [-0.15, -0.1) is 0 Å². The first-order valence-corrected chi connectivity index (χ1v) is 6.06. The number of aryl methyl sites for hydroxylation is 2. The molecule has 0 unspecified atom stereocenters. The van der Waals surface area contributed by atoms with E-state index in [1.807, 2.05) is 26.0 Å². The van der Waals surface area contributed by atoms with Crippen molar-refractivity contribution >= 4 is 23.6 Å². The molecule has 17 heavy (non-hydrogen) atoms. The zero-order valence-corrected chi connectivity index (χ0v) is 11.3. The SMILES string of the molecule is CC(=O)NCCC=Cc1c(C)cc(Cl)cc1C. The average molecular weight is 252 g/mol. The molecule has 0 aliphatic rings. The number of carbonyl (C=O) groups is 1. The van der Waals surface area contributed by atoms with E-state index in [1.54, 1.807) is 0 Å². The van der Waals surface area contributed by atoms with E-state index in [-0.39, 0.29) is 5.91 Å². The molecule has 1 N–H and O–H groups in total. The Morgan fingerprint density at radius 3 is 2.47 bits per heavy atom. The van der Waals surface area contributed by atoms with Gasteiger partial charge in [0.1, 0.15) is 0 Å². The highest BCUT2D eigenvalue weighted by atomic mass is 35.5. The van der Waals surface area contributed by atoms with Gasteiger partial charge in [0.2, 0.25) is 5.91 Å². The van der Waals surface area contributed by atoms with Gasteiger partial charge in [-0.3, -0.25) is 4.79 Å². The van der Waals surface area contributed by atoms with Crippen LogP contribution in [-0.4, -0.2) is 12.5 Å². The summed E-state index contributed by atoms with van der Waals surface area (Å²) in [6, 6.07) is 3.92. The van der Waals surface area contributed by atoms with Crippen LogP contribution in [0.1, 0.15) is 30.0 Å². The van der Waals surface area contributed by atoms with Gasteiger partial charge in [-0.25, -0.2) is 0 Å². The van der Waals surface area contributed by atoms with Gasteiger partial charge in [-0.05, 0) is 49.1 Å². The standard InChI is InChI=1S/C14H18ClNO/c1-10-8-13(15)9-11(2)14(10)6-4-5-7-16-12(3)17/h4,6,8-9H,5,7H2,1-3H3,(H,16,17). The number of amides is 1. The summed E-state index contributed by atoms with van der Waals surface area (Å²) in [4.78, 5) is 10.7. The molecule has 0 heterocycles. The molecule has 2 nitrogen and oxygen atoms in total. The van der Waals surface area contributed by atoms with Crippen molar-refractivity contribution in [2.45, 2.75) is 27.2 Å². The molecule has 0 aliphatic carbocycles. The molecule has 0 spiro atoms. The van der Waals surface area contributed by atoms with Crippen molar-refractivity contribution in [3.63, 3.8) is 0 Å². The molecule has 0 fully saturated rings. The number of carbonyl (C=O) groups excluding carboxylic acids is 1. The number of hydrogen-bond acceptors (Lipinski definition) is 1. The number of benzene rings is 1. The Kier molecular flexibility index (Phi) is 5.23. The van der Waals surface area contributed by atoms with E-state index >= 15 is 0 Å². The molecule has 0 radical (unpaired) electrons. The highest BCUT2D eigenvalue weighted by Gasteiger charge is 2.00. The third-order valence-corrected chi connectivity index (χ3v) is 2.75. The van der Waals surface area contributed by atoms with Crippen LogP contribution >= 0.6 is 11.6 Å². The average Bonchev–Trinajstić information content (AvgIpc) is 2.20. The molecule has 0 atom stereocenters. The van der Waals surface area contributed by atoms with E-state index in [0.29, 0.717) is 6.54 Å². The third-order valence-electron chi connectivity index (χ3n) is 2.53. The molecule has 0 aromatic heterocycles.